The van der Waals surface area contributed by atoms with Crippen molar-refractivity contribution in [3.8, 4) is 0 Å². The Morgan fingerprint density at radius 2 is 1.95 bits per heavy atom. The Bertz CT molecular complexity index is 785. The second-order valence-electron chi connectivity index (χ2n) is 3.97. The second kappa shape index (κ2) is 6.54. The highest BCUT2D eigenvalue weighted by Gasteiger charge is 2.27. The number of aromatic nitrogens is 1. The number of thiazole rings is 1. The van der Waals surface area contributed by atoms with E-state index in [4.69, 9.17) is 5.11 Å². The maximum absolute atomic E-state index is 11.8. The van der Waals surface area contributed by atoms with E-state index in [9.17, 15) is 18.0 Å². The van der Waals surface area contributed by atoms with Crippen LogP contribution in [-0.2, 0) is 21.4 Å². The Kier molecular flexibility index (Phi) is 4.73. The minimum Gasteiger partial charge on any atom is -0.476 e. The van der Waals surface area contributed by atoms with E-state index in [0.717, 1.165) is 16.8 Å². The molecule has 1 aromatic carbocycles. The van der Waals surface area contributed by atoms with Crippen LogP contribution in [0.3, 0.4) is 0 Å². The van der Waals surface area contributed by atoms with Crippen LogP contribution in [0.4, 0.5) is 9.80 Å². The minimum absolute atomic E-state index is 0.213. The molecule has 1 aromatic heterocycles. The van der Waals surface area contributed by atoms with Crippen LogP contribution in [0.2, 0.25) is 0 Å². The van der Waals surface area contributed by atoms with Crippen molar-refractivity contribution in [1.29, 1.82) is 0 Å². The molecule has 0 aliphatic carbocycles. The van der Waals surface area contributed by atoms with Crippen LogP contribution < -0.4 is 4.72 Å². The fourth-order valence-electron chi connectivity index (χ4n) is 1.43. The zero-order chi connectivity index (χ0) is 16.2. The van der Waals surface area contributed by atoms with Gasteiger partial charge in [-0.05, 0) is 5.56 Å². The van der Waals surface area contributed by atoms with Crippen LogP contribution in [0.15, 0.2) is 35.8 Å². The molecule has 8 nitrogen and oxygen atoms in total. The van der Waals surface area contributed by atoms with E-state index < -0.39 is 27.0 Å². The van der Waals surface area contributed by atoms with Gasteiger partial charge in [-0.3, -0.25) is 4.72 Å². The lowest BCUT2D eigenvalue weighted by molar-refractivity contribution is 0.0692. The number of carbonyl (C=O) groups excluding carboxylic acids is 1. The quantitative estimate of drug-likeness (QED) is 0.796. The number of sulfonamides is 1. The van der Waals surface area contributed by atoms with Gasteiger partial charge in [0.2, 0.25) is 0 Å². The van der Waals surface area contributed by atoms with Crippen molar-refractivity contribution in [2.45, 2.75) is 6.61 Å². The first kappa shape index (κ1) is 15.9. The highest BCUT2D eigenvalue weighted by Crippen LogP contribution is 2.22. The second-order valence-corrected chi connectivity index (χ2v) is 6.36. The van der Waals surface area contributed by atoms with Gasteiger partial charge in [-0.15, -0.1) is 11.3 Å². The molecule has 0 saturated carbocycles. The van der Waals surface area contributed by atoms with Gasteiger partial charge in [-0.25, -0.2) is 14.6 Å². The zero-order valence-electron chi connectivity index (χ0n) is 10.9. The fourth-order valence-corrected chi connectivity index (χ4v) is 3.10. The number of hydrogen-bond acceptors (Lipinski definition) is 7. The van der Waals surface area contributed by atoms with Crippen LogP contribution in [0.5, 0.6) is 0 Å². The molecular formula is C12H10N2O6S2. The molecule has 2 N–H and O–H groups in total. The Balaban J connectivity index is 2.05. The summed E-state index contributed by atoms with van der Waals surface area (Å²) in [5.41, 5.74) is 1.29. The summed E-state index contributed by atoms with van der Waals surface area (Å²) < 4.78 is 30.1. The summed E-state index contributed by atoms with van der Waals surface area (Å²) in [5.74, 6) is -1.41. The van der Waals surface area contributed by atoms with Crippen molar-refractivity contribution < 1.29 is 27.9 Å². The molecular weight excluding hydrogens is 332 g/mol. The third kappa shape index (κ3) is 3.80. The number of carboxylic acids is 1. The van der Waals surface area contributed by atoms with E-state index in [1.165, 1.54) is 0 Å². The third-order valence-corrected chi connectivity index (χ3v) is 4.32. The number of rotatable bonds is 5. The largest absolute Gasteiger partial charge is 0.476 e. The predicted molar refractivity (Wildman–Crippen MR) is 78.2 cm³/mol. The summed E-state index contributed by atoms with van der Waals surface area (Å²) in [7, 11) is -4.51. The molecule has 0 bridgehead atoms. The molecule has 0 aliphatic heterocycles. The predicted octanol–water partition coefficient (Wildman–Crippen LogP) is 1.92. The van der Waals surface area contributed by atoms with Gasteiger partial charge in [0.05, 0.1) is 5.51 Å². The molecule has 10 heteroatoms. The lowest BCUT2D eigenvalue weighted by Crippen LogP contribution is -2.24. The van der Waals surface area contributed by atoms with Gasteiger partial charge in [-0.2, -0.15) is 8.42 Å². The molecule has 0 aliphatic rings. The molecule has 0 atom stereocenters. The van der Waals surface area contributed by atoms with E-state index in [1.807, 2.05) is 4.72 Å². The van der Waals surface area contributed by atoms with Crippen LogP contribution >= 0.6 is 11.3 Å². The van der Waals surface area contributed by atoms with Gasteiger partial charge >= 0.3 is 21.3 Å². The number of carbonyl (C=O) groups is 2. The highest BCUT2D eigenvalue weighted by atomic mass is 32.2. The third-order valence-electron chi connectivity index (χ3n) is 2.42. The molecule has 1 heterocycles. The maximum Gasteiger partial charge on any atom is 0.445 e. The number of carboxylic acid groups (broad SMARTS) is 1. The van der Waals surface area contributed by atoms with Crippen molar-refractivity contribution in [3.63, 3.8) is 0 Å². The van der Waals surface area contributed by atoms with Crippen molar-refractivity contribution >= 4 is 37.6 Å². The zero-order valence-corrected chi connectivity index (χ0v) is 12.6. The number of benzene rings is 1. The van der Waals surface area contributed by atoms with Crippen LogP contribution in [-0.4, -0.2) is 29.8 Å². The van der Waals surface area contributed by atoms with Crippen LogP contribution in [0.25, 0.3) is 0 Å². The molecule has 0 fully saturated rings. The smallest absolute Gasteiger partial charge is 0.445 e. The number of nitrogens with zero attached hydrogens (tertiary/aromatic N) is 1. The fraction of sp³-hybridized carbons (Fsp3) is 0.0833. The van der Waals surface area contributed by atoms with Gasteiger partial charge in [0.25, 0.3) is 0 Å². The molecule has 0 radical (unpaired) electrons. The molecule has 2 aromatic rings. The van der Waals surface area contributed by atoms with Gasteiger partial charge in [0, 0.05) is 0 Å². The summed E-state index contributed by atoms with van der Waals surface area (Å²) >= 11 is 0.747. The highest BCUT2D eigenvalue weighted by molar-refractivity contribution is 8.06. The molecule has 0 amide bonds. The van der Waals surface area contributed by atoms with E-state index in [0.29, 0.717) is 5.56 Å². The molecule has 2 rings (SSSR count). The minimum atomic E-state index is -4.51. The Hall–Kier alpha value is -2.46. The summed E-state index contributed by atoms with van der Waals surface area (Å²) in [4.78, 5) is 25.9. The van der Waals surface area contributed by atoms with Crippen molar-refractivity contribution in [2.75, 3.05) is 4.72 Å². The average Bonchev–Trinajstić information content (AvgIpc) is 2.93. The number of anilines is 1. The van der Waals surface area contributed by atoms with Crippen LogP contribution in [0.1, 0.15) is 16.1 Å². The van der Waals surface area contributed by atoms with Gasteiger partial charge in [0.1, 0.15) is 11.6 Å². The average molecular weight is 342 g/mol. The number of aromatic carboxylic acids is 1. The van der Waals surface area contributed by atoms with Crippen molar-refractivity contribution in [1.82, 2.24) is 4.98 Å². The Morgan fingerprint density at radius 1 is 1.27 bits per heavy atom. The first-order valence-electron chi connectivity index (χ1n) is 5.80. The standard InChI is InChI=1S/C12H10N2O6S2/c15-11(16)9-10(21-7-13-9)14-22(18,19)12(17)20-6-8-4-2-1-3-5-8/h1-5,7,14H,6H2,(H,15,16). The summed E-state index contributed by atoms with van der Waals surface area (Å²) in [6, 6.07) is 8.53. The van der Waals surface area contributed by atoms with Gasteiger partial charge < -0.3 is 9.84 Å². The summed E-state index contributed by atoms with van der Waals surface area (Å²) in [6.45, 7) is -0.213. The Labute approximate surface area is 129 Å². The SMILES string of the molecule is O=C(O)c1ncsc1NS(=O)(=O)C(=O)OCc1ccccc1. The normalized spacial score (nSPS) is 10.9. The molecule has 0 saturated heterocycles. The Morgan fingerprint density at radius 3 is 2.59 bits per heavy atom. The van der Waals surface area contributed by atoms with Gasteiger partial charge in [-0.1, -0.05) is 30.3 Å². The van der Waals surface area contributed by atoms with Crippen molar-refractivity contribution in [2.24, 2.45) is 0 Å². The van der Waals surface area contributed by atoms with Crippen molar-refractivity contribution in [3.05, 3.63) is 47.1 Å². The summed E-state index contributed by atoms with van der Waals surface area (Å²) in [5, 5.41) is 7.08. The molecule has 0 spiro atoms. The lowest BCUT2D eigenvalue weighted by atomic mass is 10.2. The lowest BCUT2D eigenvalue weighted by Gasteiger charge is -2.07. The van der Waals surface area contributed by atoms with Gasteiger partial charge in [0.15, 0.2) is 5.69 Å². The van der Waals surface area contributed by atoms with Crippen LogP contribution in [0, 0.1) is 0 Å². The first-order chi connectivity index (χ1) is 10.4. The number of nitrogens with one attached hydrogen (secondary N) is 1. The topological polar surface area (TPSA) is 123 Å². The molecule has 22 heavy (non-hydrogen) atoms. The molecule has 116 valence electrons. The number of ether oxygens (including phenoxy) is 1. The van der Waals surface area contributed by atoms with E-state index >= 15 is 0 Å². The van der Waals surface area contributed by atoms with E-state index in [2.05, 4.69) is 9.72 Å². The molecule has 0 unspecified atom stereocenters. The number of hydrogen-bond donors (Lipinski definition) is 2. The maximum atomic E-state index is 11.8. The van der Waals surface area contributed by atoms with E-state index in [1.54, 1.807) is 30.3 Å². The van der Waals surface area contributed by atoms with E-state index in [-0.39, 0.29) is 11.6 Å². The first-order valence-corrected chi connectivity index (χ1v) is 8.16. The monoisotopic (exact) mass is 342 g/mol. The summed E-state index contributed by atoms with van der Waals surface area (Å²) in [6.07, 6.45) is 0.